The smallest absolute Gasteiger partial charge is 0.366 e. The lowest BCUT2D eigenvalue weighted by molar-refractivity contribution is -0.138. The molecule has 1 aromatic heterocycles. The highest BCUT2D eigenvalue weighted by atomic mass is 19.4. The van der Waals surface area contributed by atoms with Gasteiger partial charge in [0.05, 0.1) is 23.8 Å². The number of hydrogen-bond donors (Lipinski definition) is 2. The number of rotatable bonds is 4. The average molecular weight is 427 g/mol. The van der Waals surface area contributed by atoms with Crippen LogP contribution in [0.3, 0.4) is 0 Å². The van der Waals surface area contributed by atoms with Crippen LogP contribution in [0.5, 0.6) is 0 Å². The van der Waals surface area contributed by atoms with Gasteiger partial charge in [-0.3, -0.25) is 0 Å². The van der Waals surface area contributed by atoms with Crippen LogP contribution < -0.4 is 15.5 Å². The lowest BCUT2D eigenvalue weighted by Crippen LogP contribution is -2.59. The summed E-state index contributed by atoms with van der Waals surface area (Å²) in [6.07, 6.45) is -1.53. The molecule has 0 spiro atoms. The number of anilines is 2. The van der Waals surface area contributed by atoms with Gasteiger partial charge >= 0.3 is 6.18 Å². The maximum absolute atomic E-state index is 13.3. The molecule has 2 aromatic carbocycles. The summed E-state index contributed by atoms with van der Waals surface area (Å²) >= 11 is 0. The summed E-state index contributed by atoms with van der Waals surface area (Å²) in [4.78, 5) is 2.42. The van der Waals surface area contributed by atoms with Crippen LogP contribution in [0.2, 0.25) is 0 Å². The van der Waals surface area contributed by atoms with Crippen LogP contribution in [0.25, 0.3) is 10.8 Å². The van der Waals surface area contributed by atoms with E-state index in [2.05, 4.69) is 37.9 Å². The predicted molar refractivity (Wildman–Crippen MR) is 115 cm³/mol. The number of nitrogens with zero attached hydrogens (tertiary/aromatic N) is 3. The highest BCUT2D eigenvalue weighted by Crippen LogP contribution is 2.36. The van der Waals surface area contributed by atoms with E-state index in [1.54, 1.807) is 12.3 Å². The SMILES string of the molecule is Cc1c(C(C)Nc2nncc3ccc(N4CC[C@H]5NC[C@H]54)cc23)cccc1C(F)(F)F. The molecule has 2 aliphatic rings. The number of aromatic nitrogens is 2. The molecule has 0 saturated carbocycles. The van der Waals surface area contributed by atoms with E-state index in [0.29, 0.717) is 23.5 Å². The van der Waals surface area contributed by atoms with Crippen molar-refractivity contribution in [2.24, 2.45) is 0 Å². The number of alkyl halides is 3. The molecule has 3 atom stereocenters. The topological polar surface area (TPSA) is 53.1 Å². The summed E-state index contributed by atoms with van der Waals surface area (Å²) in [7, 11) is 0. The summed E-state index contributed by atoms with van der Waals surface area (Å²) in [5, 5.41) is 17.0. The van der Waals surface area contributed by atoms with Gasteiger partial charge in [0, 0.05) is 35.6 Å². The Labute approximate surface area is 178 Å². The molecule has 2 fully saturated rings. The molecule has 0 amide bonds. The number of halogens is 3. The lowest BCUT2D eigenvalue weighted by Gasteiger charge is -2.38. The summed E-state index contributed by atoms with van der Waals surface area (Å²) < 4.78 is 40.0. The third kappa shape index (κ3) is 3.48. The van der Waals surface area contributed by atoms with Crippen LogP contribution in [-0.4, -0.2) is 35.4 Å². The molecular weight excluding hydrogens is 403 g/mol. The number of benzene rings is 2. The van der Waals surface area contributed by atoms with Crippen LogP contribution in [0.1, 0.15) is 36.1 Å². The van der Waals surface area contributed by atoms with Gasteiger partial charge in [0.2, 0.25) is 0 Å². The second-order valence-electron chi connectivity index (χ2n) is 8.41. The quantitative estimate of drug-likeness (QED) is 0.633. The van der Waals surface area contributed by atoms with Crippen molar-refractivity contribution in [2.75, 3.05) is 23.3 Å². The Hall–Kier alpha value is -2.87. The Balaban J connectivity index is 1.47. The van der Waals surface area contributed by atoms with Crippen molar-refractivity contribution in [1.82, 2.24) is 15.5 Å². The normalized spacial score (nSPS) is 21.6. The number of hydrogen-bond acceptors (Lipinski definition) is 5. The minimum absolute atomic E-state index is 0.226. The van der Waals surface area contributed by atoms with Gasteiger partial charge in [0.15, 0.2) is 5.82 Å². The zero-order valence-corrected chi connectivity index (χ0v) is 17.4. The van der Waals surface area contributed by atoms with Crippen LogP contribution in [0.15, 0.2) is 42.6 Å². The van der Waals surface area contributed by atoms with Crippen LogP contribution in [-0.2, 0) is 6.18 Å². The molecule has 5 rings (SSSR count). The first kappa shape index (κ1) is 20.1. The summed E-state index contributed by atoms with van der Waals surface area (Å²) in [5.74, 6) is 0.575. The number of nitrogens with one attached hydrogen (secondary N) is 2. The molecular formula is C23H24F3N5. The van der Waals surface area contributed by atoms with Crippen molar-refractivity contribution >= 4 is 22.3 Å². The van der Waals surface area contributed by atoms with Crippen molar-refractivity contribution in [3.05, 3.63) is 59.3 Å². The van der Waals surface area contributed by atoms with E-state index in [-0.39, 0.29) is 11.6 Å². The Morgan fingerprint density at radius 1 is 1.23 bits per heavy atom. The van der Waals surface area contributed by atoms with Gasteiger partial charge in [0.1, 0.15) is 0 Å². The Bertz CT molecular complexity index is 1130. The minimum atomic E-state index is -4.38. The van der Waals surface area contributed by atoms with Crippen LogP contribution in [0, 0.1) is 6.92 Å². The molecule has 162 valence electrons. The third-order valence-corrected chi connectivity index (χ3v) is 6.61. The van der Waals surface area contributed by atoms with E-state index in [4.69, 9.17) is 0 Å². The van der Waals surface area contributed by atoms with Gasteiger partial charge < -0.3 is 15.5 Å². The third-order valence-electron chi connectivity index (χ3n) is 6.61. The summed E-state index contributed by atoms with van der Waals surface area (Å²) in [5.41, 5.74) is 1.35. The first-order chi connectivity index (χ1) is 14.8. The van der Waals surface area contributed by atoms with E-state index in [0.717, 1.165) is 42.0 Å². The molecule has 0 bridgehead atoms. The summed E-state index contributed by atoms with van der Waals surface area (Å²) in [6.45, 7) is 5.36. The van der Waals surface area contributed by atoms with E-state index < -0.39 is 11.7 Å². The predicted octanol–water partition coefficient (Wildman–Crippen LogP) is 4.68. The molecule has 0 aliphatic carbocycles. The van der Waals surface area contributed by atoms with Gasteiger partial charge in [-0.15, -0.1) is 5.10 Å². The molecule has 8 heteroatoms. The molecule has 0 radical (unpaired) electrons. The average Bonchev–Trinajstić information content (AvgIpc) is 3.00. The Morgan fingerprint density at radius 2 is 2.06 bits per heavy atom. The standard InChI is InChI=1S/C23H24F3N5/c1-13-17(4-3-5-19(13)23(24,25)26)14(2)29-22-18-10-16(7-6-15(18)11-28-30-22)31-9-8-20-21(31)12-27-20/h3-7,10-11,14,20-21,27H,8-9,12H2,1-2H3,(H,29,30)/t14?,20-,21-/m1/s1. The van der Waals surface area contributed by atoms with Crippen molar-refractivity contribution in [2.45, 2.75) is 44.6 Å². The number of fused-ring (bicyclic) bond motifs is 2. The zero-order chi connectivity index (χ0) is 21.8. The maximum atomic E-state index is 13.3. The molecule has 2 N–H and O–H groups in total. The molecule has 3 aromatic rings. The Kier molecular flexibility index (Phi) is 4.77. The fourth-order valence-corrected chi connectivity index (χ4v) is 4.84. The largest absolute Gasteiger partial charge is 0.416 e. The molecule has 2 saturated heterocycles. The van der Waals surface area contributed by atoms with E-state index in [1.165, 1.54) is 13.0 Å². The van der Waals surface area contributed by atoms with Crippen molar-refractivity contribution in [3.63, 3.8) is 0 Å². The lowest BCUT2D eigenvalue weighted by atomic mass is 9.97. The van der Waals surface area contributed by atoms with E-state index in [9.17, 15) is 13.2 Å². The van der Waals surface area contributed by atoms with Gasteiger partial charge in [-0.05, 0) is 49.6 Å². The van der Waals surface area contributed by atoms with Crippen molar-refractivity contribution in [1.29, 1.82) is 0 Å². The first-order valence-electron chi connectivity index (χ1n) is 10.5. The van der Waals surface area contributed by atoms with E-state index in [1.807, 2.05) is 13.0 Å². The highest BCUT2D eigenvalue weighted by molar-refractivity contribution is 5.93. The van der Waals surface area contributed by atoms with Gasteiger partial charge in [0.25, 0.3) is 0 Å². The van der Waals surface area contributed by atoms with Crippen molar-refractivity contribution in [3.8, 4) is 0 Å². The molecule has 1 unspecified atom stereocenters. The monoisotopic (exact) mass is 427 g/mol. The zero-order valence-electron chi connectivity index (χ0n) is 17.4. The van der Waals surface area contributed by atoms with Crippen molar-refractivity contribution < 1.29 is 13.2 Å². The Morgan fingerprint density at radius 3 is 2.77 bits per heavy atom. The van der Waals surface area contributed by atoms with Gasteiger partial charge in [-0.1, -0.05) is 18.2 Å². The maximum Gasteiger partial charge on any atom is 0.416 e. The molecule has 31 heavy (non-hydrogen) atoms. The molecule has 2 aliphatic heterocycles. The fraction of sp³-hybridized carbons (Fsp3) is 0.391. The first-order valence-corrected chi connectivity index (χ1v) is 10.5. The van der Waals surface area contributed by atoms with Crippen LogP contribution in [0.4, 0.5) is 24.7 Å². The highest BCUT2D eigenvalue weighted by Gasteiger charge is 2.40. The second kappa shape index (κ2) is 7.37. The summed E-state index contributed by atoms with van der Waals surface area (Å²) in [6, 6.07) is 11.3. The minimum Gasteiger partial charge on any atom is -0.366 e. The second-order valence-corrected chi connectivity index (χ2v) is 8.41. The van der Waals surface area contributed by atoms with Gasteiger partial charge in [-0.2, -0.15) is 18.3 Å². The molecule has 5 nitrogen and oxygen atoms in total. The molecule has 3 heterocycles. The van der Waals surface area contributed by atoms with E-state index >= 15 is 0 Å². The fourth-order valence-electron chi connectivity index (χ4n) is 4.84. The van der Waals surface area contributed by atoms with Crippen LogP contribution >= 0.6 is 0 Å². The van der Waals surface area contributed by atoms with Gasteiger partial charge in [-0.25, -0.2) is 0 Å².